The number of hydrogen-bond acceptors (Lipinski definition) is 4. The third kappa shape index (κ3) is 6.39. The molecule has 0 spiro atoms. The van der Waals surface area contributed by atoms with E-state index < -0.39 is 33.6 Å². The highest BCUT2D eigenvalue weighted by atomic mass is 32.2. The Morgan fingerprint density at radius 1 is 0.970 bits per heavy atom. The number of benzene rings is 3. The molecule has 3 aromatic rings. The summed E-state index contributed by atoms with van der Waals surface area (Å²) < 4.78 is 59.1. The molecule has 0 radical (unpaired) electrons. The number of methoxy groups -OCH3 is 1. The van der Waals surface area contributed by atoms with Crippen molar-refractivity contribution in [2.75, 3.05) is 11.8 Å². The maximum atomic E-state index is 13.4. The number of ether oxygens (including phenoxy) is 1. The lowest BCUT2D eigenvalue weighted by atomic mass is 10.1. The van der Waals surface area contributed by atoms with Crippen molar-refractivity contribution in [1.29, 1.82) is 0 Å². The number of rotatable bonds is 8. The van der Waals surface area contributed by atoms with E-state index in [0.29, 0.717) is 22.6 Å². The van der Waals surface area contributed by atoms with Gasteiger partial charge in [0.05, 0.1) is 18.0 Å². The number of amides is 1. The maximum absolute atomic E-state index is 13.4. The molecule has 0 aliphatic carbocycles. The van der Waals surface area contributed by atoms with E-state index >= 15 is 0 Å². The second-order valence-electron chi connectivity index (χ2n) is 7.14. The van der Waals surface area contributed by atoms with Crippen LogP contribution >= 0.6 is 0 Å². The molecule has 0 saturated carbocycles. The van der Waals surface area contributed by atoms with E-state index in [1.807, 2.05) is 0 Å². The summed E-state index contributed by atoms with van der Waals surface area (Å²) in [4.78, 5) is 12.2. The number of halogens is 2. The number of hydrogen-bond donors (Lipinski definition) is 2. The number of sulfonamides is 1. The van der Waals surface area contributed by atoms with Gasteiger partial charge in [0, 0.05) is 11.8 Å². The molecule has 0 fully saturated rings. The van der Waals surface area contributed by atoms with E-state index in [9.17, 15) is 22.0 Å². The zero-order valence-corrected chi connectivity index (χ0v) is 18.7. The average Bonchev–Trinajstić information content (AvgIpc) is 2.80. The van der Waals surface area contributed by atoms with Crippen LogP contribution in [-0.4, -0.2) is 21.4 Å². The normalized spacial score (nSPS) is 12.4. The predicted octanol–water partition coefficient (Wildman–Crippen LogP) is 4.66. The summed E-state index contributed by atoms with van der Waals surface area (Å²) >= 11 is 0. The molecule has 6 nitrogen and oxygen atoms in total. The highest BCUT2D eigenvalue weighted by Gasteiger charge is 2.14. The van der Waals surface area contributed by atoms with Gasteiger partial charge >= 0.3 is 0 Å². The summed E-state index contributed by atoms with van der Waals surface area (Å²) in [5.74, 6) is -1.77. The van der Waals surface area contributed by atoms with Gasteiger partial charge in [-0.05, 0) is 72.7 Å². The van der Waals surface area contributed by atoms with E-state index in [1.165, 1.54) is 37.5 Å². The molecule has 0 aliphatic rings. The maximum Gasteiger partial charge on any atom is 0.261 e. The van der Waals surface area contributed by atoms with Crippen molar-refractivity contribution in [1.82, 2.24) is 5.32 Å². The molecule has 0 bridgehead atoms. The molecule has 2 N–H and O–H groups in total. The molecule has 0 heterocycles. The third-order valence-electron chi connectivity index (χ3n) is 4.76. The van der Waals surface area contributed by atoms with Crippen molar-refractivity contribution >= 4 is 27.7 Å². The minimum atomic E-state index is -3.79. The lowest BCUT2D eigenvalue weighted by Gasteiger charge is -2.13. The molecular weight excluding hydrogens is 450 g/mol. The first kappa shape index (κ1) is 23.9. The third-order valence-corrected chi connectivity index (χ3v) is 6.16. The lowest BCUT2D eigenvalue weighted by Crippen LogP contribution is -2.24. The smallest absolute Gasteiger partial charge is 0.261 e. The van der Waals surface area contributed by atoms with Crippen molar-refractivity contribution in [3.8, 4) is 5.75 Å². The molecule has 0 aromatic heterocycles. The fourth-order valence-electron chi connectivity index (χ4n) is 2.93. The first-order chi connectivity index (χ1) is 15.7. The number of anilines is 1. The molecule has 33 heavy (non-hydrogen) atoms. The van der Waals surface area contributed by atoms with E-state index in [-0.39, 0.29) is 4.90 Å². The molecule has 0 aliphatic heterocycles. The van der Waals surface area contributed by atoms with Gasteiger partial charge in [0.1, 0.15) is 5.75 Å². The van der Waals surface area contributed by atoms with Gasteiger partial charge in [0.25, 0.3) is 10.0 Å². The second-order valence-corrected chi connectivity index (χ2v) is 8.82. The van der Waals surface area contributed by atoms with Crippen LogP contribution in [0.2, 0.25) is 0 Å². The quantitative estimate of drug-likeness (QED) is 0.467. The molecule has 1 unspecified atom stereocenters. The largest absolute Gasteiger partial charge is 0.497 e. The Labute approximate surface area is 191 Å². The number of carbonyl (C=O) groups is 1. The first-order valence-corrected chi connectivity index (χ1v) is 11.4. The topological polar surface area (TPSA) is 84.5 Å². The lowest BCUT2D eigenvalue weighted by molar-refractivity contribution is -0.117. The molecule has 3 aromatic carbocycles. The highest BCUT2D eigenvalue weighted by Crippen LogP contribution is 2.20. The van der Waals surface area contributed by atoms with Gasteiger partial charge in [-0.25, -0.2) is 17.2 Å². The Balaban J connectivity index is 1.61. The Bertz CT molecular complexity index is 1260. The molecule has 1 amide bonds. The molecule has 0 saturated heterocycles. The predicted molar refractivity (Wildman–Crippen MR) is 122 cm³/mol. The average molecular weight is 473 g/mol. The fourth-order valence-corrected chi connectivity index (χ4v) is 3.99. The minimum Gasteiger partial charge on any atom is -0.497 e. The van der Waals surface area contributed by atoms with Gasteiger partial charge in [0.2, 0.25) is 5.91 Å². The van der Waals surface area contributed by atoms with Crippen molar-refractivity contribution in [2.45, 2.75) is 17.9 Å². The summed E-state index contributed by atoms with van der Waals surface area (Å²) in [6.07, 6.45) is 2.79. The Morgan fingerprint density at radius 3 is 2.24 bits per heavy atom. The van der Waals surface area contributed by atoms with Gasteiger partial charge in [-0.15, -0.1) is 0 Å². The van der Waals surface area contributed by atoms with Crippen LogP contribution in [0.4, 0.5) is 14.5 Å². The standard InChI is InChI=1S/C24H22F2N2O4S/c1-16(18-6-13-22(25)23(26)15-18)27-24(29)14-5-17-3-11-21(12-4-17)33(30,31)28-19-7-9-20(32-2)10-8-19/h3-16,28H,1-2H3,(H,27,29)/b14-5+. The SMILES string of the molecule is COc1ccc(NS(=O)(=O)c2ccc(/C=C/C(=O)NC(C)c3ccc(F)c(F)c3)cc2)cc1. The summed E-state index contributed by atoms with van der Waals surface area (Å²) in [6, 6.07) is 15.3. The Kier molecular flexibility index (Phi) is 7.44. The van der Waals surface area contributed by atoms with Crippen LogP contribution in [0.1, 0.15) is 24.1 Å². The van der Waals surface area contributed by atoms with Gasteiger partial charge in [0.15, 0.2) is 11.6 Å². The van der Waals surface area contributed by atoms with E-state index in [1.54, 1.807) is 43.3 Å². The zero-order chi connectivity index (χ0) is 24.0. The second kappa shape index (κ2) is 10.3. The Morgan fingerprint density at radius 2 is 1.64 bits per heavy atom. The number of nitrogens with one attached hydrogen (secondary N) is 2. The van der Waals surface area contributed by atoms with Crippen molar-refractivity contribution in [3.05, 3.63) is 95.6 Å². The highest BCUT2D eigenvalue weighted by molar-refractivity contribution is 7.92. The molecule has 1 atom stereocenters. The van der Waals surface area contributed by atoms with Crippen LogP contribution in [0.3, 0.4) is 0 Å². The molecule has 9 heteroatoms. The summed E-state index contributed by atoms with van der Waals surface area (Å²) in [7, 11) is -2.27. The van der Waals surface area contributed by atoms with Crippen LogP contribution in [0.25, 0.3) is 6.08 Å². The minimum absolute atomic E-state index is 0.0619. The van der Waals surface area contributed by atoms with Crippen molar-refractivity contribution in [2.24, 2.45) is 0 Å². The van der Waals surface area contributed by atoms with Crippen LogP contribution in [0.5, 0.6) is 5.75 Å². The van der Waals surface area contributed by atoms with Gasteiger partial charge < -0.3 is 10.1 Å². The fraction of sp³-hybridized carbons (Fsp3) is 0.125. The molecule has 172 valence electrons. The van der Waals surface area contributed by atoms with Gasteiger partial charge in [-0.2, -0.15) is 0 Å². The van der Waals surface area contributed by atoms with E-state index in [2.05, 4.69) is 10.0 Å². The molecule has 3 rings (SSSR count). The zero-order valence-electron chi connectivity index (χ0n) is 17.9. The van der Waals surface area contributed by atoms with E-state index in [4.69, 9.17) is 4.74 Å². The Hall–Kier alpha value is -3.72. The first-order valence-electron chi connectivity index (χ1n) is 9.88. The van der Waals surface area contributed by atoms with Crippen LogP contribution < -0.4 is 14.8 Å². The van der Waals surface area contributed by atoms with Crippen LogP contribution in [0, 0.1) is 11.6 Å². The monoisotopic (exact) mass is 472 g/mol. The summed E-state index contributed by atoms with van der Waals surface area (Å²) in [5.41, 5.74) is 1.43. The van der Waals surface area contributed by atoms with Crippen LogP contribution in [0.15, 0.2) is 77.7 Å². The number of carbonyl (C=O) groups excluding carboxylic acids is 1. The van der Waals surface area contributed by atoms with Crippen LogP contribution in [-0.2, 0) is 14.8 Å². The molecular formula is C24H22F2N2O4S. The van der Waals surface area contributed by atoms with E-state index in [0.717, 1.165) is 12.1 Å². The summed E-state index contributed by atoms with van der Waals surface area (Å²) in [6.45, 7) is 1.65. The van der Waals surface area contributed by atoms with Crippen molar-refractivity contribution < 1.29 is 26.7 Å². The van der Waals surface area contributed by atoms with Gasteiger partial charge in [-0.3, -0.25) is 9.52 Å². The van der Waals surface area contributed by atoms with Crippen molar-refractivity contribution in [3.63, 3.8) is 0 Å². The summed E-state index contributed by atoms with van der Waals surface area (Å²) in [5, 5.41) is 2.65. The van der Waals surface area contributed by atoms with Gasteiger partial charge in [-0.1, -0.05) is 18.2 Å².